The largest absolute Gasteiger partial charge is 0.493 e. The van der Waals surface area contributed by atoms with E-state index in [4.69, 9.17) is 14.2 Å². The zero-order chi connectivity index (χ0) is 15.0. The Morgan fingerprint density at radius 2 is 2.14 bits per heavy atom. The zero-order valence-corrected chi connectivity index (χ0v) is 13.3. The summed E-state index contributed by atoms with van der Waals surface area (Å²) in [7, 11) is 1.68. The van der Waals surface area contributed by atoms with E-state index in [-0.39, 0.29) is 5.41 Å². The minimum absolute atomic E-state index is 0.174. The fourth-order valence-electron chi connectivity index (χ4n) is 3.83. The molecule has 4 nitrogen and oxygen atoms in total. The lowest BCUT2D eigenvalue weighted by molar-refractivity contribution is -0.0923. The van der Waals surface area contributed by atoms with Gasteiger partial charge in [-0.3, -0.25) is 0 Å². The Balaban J connectivity index is 1.76. The van der Waals surface area contributed by atoms with E-state index in [9.17, 15) is 0 Å². The van der Waals surface area contributed by atoms with Gasteiger partial charge in [-0.25, -0.2) is 0 Å². The lowest BCUT2D eigenvalue weighted by Crippen LogP contribution is -2.63. The molecular formula is C17H25NO3. The van der Waals surface area contributed by atoms with Gasteiger partial charge in [0.1, 0.15) is 0 Å². The summed E-state index contributed by atoms with van der Waals surface area (Å²) >= 11 is 0. The summed E-state index contributed by atoms with van der Waals surface area (Å²) < 4.78 is 16.8. The van der Waals surface area contributed by atoms with Crippen molar-refractivity contribution in [2.75, 3.05) is 25.6 Å². The first kappa shape index (κ1) is 14.5. The molecular weight excluding hydrogens is 266 g/mol. The number of nitrogens with one attached hydrogen (secondary N) is 1. The second-order valence-corrected chi connectivity index (χ2v) is 6.49. The molecule has 21 heavy (non-hydrogen) atoms. The molecule has 1 aromatic rings. The first-order valence-electron chi connectivity index (χ1n) is 7.77. The van der Waals surface area contributed by atoms with Crippen LogP contribution < -0.4 is 14.8 Å². The predicted molar refractivity (Wildman–Crippen MR) is 83.2 cm³/mol. The number of benzene rings is 1. The SMILES string of the molecule is CCOc1ccc(NC2C3CCOC3C2(C)C)cc1OC. The standard InChI is InChI=1S/C17H25NO3/c1-5-20-13-7-6-11(10-14(13)19-4)18-15-12-8-9-21-16(12)17(15,2)3/h6-7,10,12,15-16,18H,5,8-9H2,1-4H3. The van der Waals surface area contributed by atoms with Gasteiger partial charge >= 0.3 is 0 Å². The minimum atomic E-state index is 0.174. The molecule has 4 heteroatoms. The summed E-state index contributed by atoms with van der Waals surface area (Å²) in [5.41, 5.74) is 1.26. The Kier molecular flexibility index (Phi) is 3.74. The van der Waals surface area contributed by atoms with Crippen LogP contribution in [0.4, 0.5) is 5.69 Å². The van der Waals surface area contributed by atoms with Crippen LogP contribution in [0, 0.1) is 11.3 Å². The van der Waals surface area contributed by atoms with Gasteiger partial charge in [-0.05, 0) is 25.5 Å². The van der Waals surface area contributed by atoms with Crippen molar-refractivity contribution in [2.45, 2.75) is 39.3 Å². The van der Waals surface area contributed by atoms with Crippen LogP contribution in [-0.4, -0.2) is 32.5 Å². The second-order valence-electron chi connectivity index (χ2n) is 6.49. The van der Waals surface area contributed by atoms with Gasteiger partial charge in [-0.15, -0.1) is 0 Å². The molecule has 2 aliphatic rings. The molecule has 2 fully saturated rings. The highest BCUT2D eigenvalue weighted by atomic mass is 16.5. The van der Waals surface area contributed by atoms with Crippen molar-refractivity contribution in [3.63, 3.8) is 0 Å². The smallest absolute Gasteiger partial charge is 0.162 e. The second kappa shape index (κ2) is 5.41. The summed E-state index contributed by atoms with van der Waals surface area (Å²) in [5.74, 6) is 2.19. The predicted octanol–water partition coefficient (Wildman–Crippen LogP) is 3.32. The third-order valence-corrected chi connectivity index (χ3v) is 4.89. The summed E-state index contributed by atoms with van der Waals surface area (Å²) in [5, 5.41) is 3.67. The van der Waals surface area contributed by atoms with Crippen LogP contribution in [0.1, 0.15) is 27.2 Å². The minimum Gasteiger partial charge on any atom is -0.493 e. The van der Waals surface area contributed by atoms with Gasteiger partial charge in [-0.1, -0.05) is 13.8 Å². The van der Waals surface area contributed by atoms with Crippen LogP contribution in [-0.2, 0) is 4.74 Å². The van der Waals surface area contributed by atoms with Crippen molar-refractivity contribution in [1.82, 2.24) is 0 Å². The zero-order valence-electron chi connectivity index (χ0n) is 13.3. The fourth-order valence-corrected chi connectivity index (χ4v) is 3.83. The summed E-state index contributed by atoms with van der Waals surface area (Å²) in [6.07, 6.45) is 1.56. The monoisotopic (exact) mass is 291 g/mol. The van der Waals surface area contributed by atoms with Crippen molar-refractivity contribution < 1.29 is 14.2 Å². The van der Waals surface area contributed by atoms with Crippen molar-refractivity contribution in [3.05, 3.63) is 18.2 Å². The average molecular weight is 291 g/mol. The Morgan fingerprint density at radius 1 is 1.33 bits per heavy atom. The third kappa shape index (κ3) is 2.35. The summed E-state index contributed by atoms with van der Waals surface area (Å²) in [6, 6.07) is 6.50. The number of methoxy groups -OCH3 is 1. The molecule has 0 radical (unpaired) electrons. The van der Waals surface area contributed by atoms with E-state index in [0.29, 0.717) is 24.7 Å². The lowest BCUT2D eigenvalue weighted by Gasteiger charge is -2.55. The quantitative estimate of drug-likeness (QED) is 0.903. The van der Waals surface area contributed by atoms with Crippen molar-refractivity contribution in [1.29, 1.82) is 0 Å². The van der Waals surface area contributed by atoms with E-state index < -0.39 is 0 Å². The van der Waals surface area contributed by atoms with Gasteiger partial charge < -0.3 is 19.5 Å². The number of rotatable bonds is 5. The highest BCUT2D eigenvalue weighted by molar-refractivity contribution is 5.56. The Hall–Kier alpha value is -1.42. The highest BCUT2D eigenvalue weighted by Gasteiger charge is 2.59. The van der Waals surface area contributed by atoms with Crippen LogP contribution in [0.3, 0.4) is 0 Å². The third-order valence-electron chi connectivity index (χ3n) is 4.89. The van der Waals surface area contributed by atoms with E-state index in [2.05, 4.69) is 25.2 Å². The number of hydrogen-bond acceptors (Lipinski definition) is 4. The lowest BCUT2D eigenvalue weighted by atomic mass is 9.57. The Labute approximate surface area is 126 Å². The number of ether oxygens (including phenoxy) is 3. The van der Waals surface area contributed by atoms with Crippen molar-refractivity contribution in [2.24, 2.45) is 11.3 Å². The molecule has 116 valence electrons. The Morgan fingerprint density at radius 3 is 2.86 bits per heavy atom. The molecule has 3 rings (SSSR count). The molecule has 1 N–H and O–H groups in total. The molecule has 0 aromatic heterocycles. The van der Waals surface area contributed by atoms with Gasteiger partial charge in [-0.2, -0.15) is 0 Å². The van der Waals surface area contributed by atoms with Crippen LogP contribution in [0.25, 0.3) is 0 Å². The first-order chi connectivity index (χ1) is 10.1. The maximum Gasteiger partial charge on any atom is 0.162 e. The average Bonchev–Trinajstić information content (AvgIpc) is 2.93. The van der Waals surface area contributed by atoms with Crippen molar-refractivity contribution in [3.8, 4) is 11.5 Å². The van der Waals surface area contributed by atoms with Gasteiger partial charge in [0.2, 0.25) is 0 Å². The molecule has 0 amide bonds. The maximum atomic E-state index is 5.85. The molecule has 0 bridgehead atoms. The van der Waals surface area contributed by atoms with Crippen LogP contribution in [0.5, 0.6) is 11.5 Å². The van der Waals surface area contributed by atoms with Gasteiger partial charge in [0.05, 0.1) is 19.8 Å². The van der Waals surface area contributed by atoms with E-state index in [1.807, 2.05) is 19.1 Å². The number of fused-ring (bicyclic) bond motifs is 1. The number of hydrogen-bond donors (Lipinski definition) is 1. The van der Waals surface area contributed by atoms with Crippen LogP contribution in [0.2, 0.25) is 0 Å². The number of anilines is 1. The molecule has 3 atom stereocenters. The maximum absolute atomic E-state index is 5.85. The first-order valence-corrected chi connectivity index (χ1v) is 7.77. The summed E-state index contributed by atoms with van der Waals surface area (Å²) in [6.45, 7) is 8.07. The van der Waals surface area contributed by atoms with E-state index in [1.165, 1.54) is 0 Å². The molecule has 0 spiro atoms. The van der Waals surface area contributed by atoms with Gasteiger partial charge in [0, 0.05) is 35.7 Å². The van der Waals surface area contributed by atoms with Crippen LogP contribution >= 0.6 is 0 Å². The highest BCUT2D eigenvalue weighted by Crippen LogP contribution is 2.53. The van der Waals surface area contributed by atoms with Crippen LogP contribution in [0.15, 0.2) is 18.2 Å². The van der Waals surface area contributed by atoms with E-state index in [1.54, 1.807) is 7.11 Å². The molecule has 1 heterocycles. The molecule has 1 saturated carbocycles. The molecule has 1 aliphatic heterocycles. The van der Waals surface area contributed by atoms with E-state index in [0.717, 1.165) is 30.2 Å². The fraction of sp³-hybridized carbons (Fsp3) is 0.647. The topological polar surface area (TPSA) is 39.7 Å². The normalized spacial score (nSPS) is 29.4. The van der Waals surface area contributed by atoms with Crippen molar-refractivity contribution >= 4 is 5.69 Å². The molecule has 1 aliphatic carbocycles. The van der Waals surface area contributed by atoms with Gasteiger partial charge in [0.15, 0.2) is 11.5 Å². The molecule has 3 unspecified atom stereocenters. The Bertz CT molecular complexity index is 515. The summed E-state index contributed by atoms with van der Waals surface area (Å²) in [4.78, 5) is 0. The molecule has 1 aromatic carbocycles. The van der Waals surface area contributed by atoms with Gasteiger partial charge in [0.25, 0.3) is 0 Å². The van der Waals surface area contributed by atoms with E-state index >= 15 is 0 Å². The molecule has 1 saturated heterocycles.